The highest BCUT2D eigenvalue weighted by molar-refractivity contribution is 6.06. The minimum absolute atomic E-state index is 0.372. The molecule has 186 valence electrons. The molecule has 1 amide bonds. The van der Waals surface area contributed by atoms with E-state index in [1.54, 1.807) is 46.6 Å². The highest BCUT2D eigenvalue weighted by Crippen LogP contribution is 2.42. The van der Waals surface area contributed by atoms with E-state index in [4.69, 9.17) is 18.6 Å². The number of rotatable bonds is 7. The topological polar surface area (TPSA) is 69.9 Å². The van der Waals surface area contributed by atoms with Crippen LogP contribution in [0.15, 0.2) is 59.2 Å². The number of halogens is 1. The molecule has 0 aliphatic heterocycles. The van der Waals surface area contributed by atoms with Crippen molar-refractivity contribution < 1.29 is 27.8 Å². The van der Waals surface area contributed by atoms with Gasteiger partial charge in [0.25, 0.3) is 0 Å². The number of allylic oxidation sites excluding steroid dienone is 1. The number of furan rings is 1. The van der Waals surface area contributed by atoms with Crippen LogP contribution in [0.4, 0.5) is 10.1 Å². The molecule has 0 atom stereocenters. The molecule has 1 heterocycles. The summed E-state index contributed by atoms with van der Waals surface area (Å²) >= 11 is 0. The number of hydrogen-bond acceptors (Lipinski definition) is 5. The van der Waals surface area contributed by atoms with Crippen LogP contribution in [-0.2, 0) is 4.79 Å². The molecule has 0 bridgehead atoms. The molecule has 7 heteroatoms. The first-order chi connectivity index (χ1) is 17.3. The number of ether oxygens (including phenoxy) is 3. The largest absolute Gasteiger partial charge is 0.496 e. The summed E-state index contributed by atoms with van der Waals surface area (Å²) in [5.74, 6) is 1.10. The molecule has 3 aromatic carbocycles. The number of methoxy groups -OCH3 is 3. The Balaban J connectivity index is 1.76. The SMILES string of the molecule is COc1ccc(-c2coc3c(C)c(OC)c(/C(C)=C/C(=O)Nc4ccc(C)c(F)c4)cc23)cc1OC. The molecule has 0 spiro atoms. The first-order valence-corrected chi connectivity index (χ1v) is 11.3. The molecule has 0 fully saturated rings. The van der Waals surface area contributed by atoms with Crippen molar-refractivity contribution in [1.29, 1.82) is 0 Å². The molecular formula is C29H28FNO5. The first kappa shape index (κ1) is 24.9. The van der Waals surface area contributed by atoms with Gasteiger partial charge < -0.3 is 23.9 Å². The second-order valence-corrected chi connectivity index (χ2v) is 8.46. The van der Waals surface area contributed by atoms with Gasteiger partial charge in [-0.3, -0.25) is 4.79 Å². The maximum Gasteiger partial charge on any atom is 0.248 e. The molecule has 0 radical (unpaired) electrons. The Hall–Kier alpha value is -4.26. The Labute approximate surface area is 209 Å². The third-order valence-corrected chi connectivity index (χ3v) is 6.15. The maximum absolute atomic E-state index is 13.9. The molecule has 0 aliphatic rings. The highest BCUT2D eigenvalue weighted by Gasteiger charge is 2.19. The molecule has 36 heavy (non-hydrogen) atoms. The Morgan fingerprint density at radius 3 is 2.39 bits per heavy atom. The lowest BCUT2D eigenvalue weighted by Crippen LogP contribution is -2.09. The molecule has 0 aliphatic carbocycles. The number of benzene rings is 3. The average molecular weight is 490 g/mol. The summed E-state index contributed by atoms with van der Waals surface area (Å²) in [7, 11) is 4.76. The number of amides is 1. The van der Waals surface area contributed by atoms with Crippen molar-refractivity contribution in [3.8, 4) is 28.4 Å². The van der Waals surface area contributed by atoms with E-state index in [2.05, 4.69) is 5.32 Å². The van der Waals surface area contributed by atoms with Gasteiger partial charge in [-0.1, -0.05) is 12.1 Å². The quantitative estimate of drug-likeness (QED) is 0.285. The fourth-order valence-electron chi connectivity index (χ4n) is 4.22. The Bertz CT molecular complexity index is 1490. The van der Waals surface area contributed by atoms with Gasteiger partial charge in [-0.05, 0) is 67.8 Å². The first-order valence-electron chi connectivity index (χ1n) is 11.3. The van der Waals surface area contributed by atoms with Gasteiger partial charge in [-0.25, -0.2) is 4.39 Å². The monoisotopic (exact) mass is 489 g/mol. The summed E-state index contributed by atoms with van der Waals surface area (Å²) in [5.41, 5.74) is 5.58. The summed E-state index contributed by atoms with van der Waals surface area (Å²) in [6.07, 6.45) is 3.16. The summed E-state index contributed by atoms with van der Waals surface area (Å²) in [6, 6.07) is 12.2. The van der Waals surface area contributed by atoms with Gasteiger partial charge in [0, 0.05) is 33.8 Å². The smallest absolute Gasteiger partial charge is 0.248 e. The van der Waals surface area contributed by atoms with E-state index in [9.17, 15) is 9.18 Å². The van der Waals surface area contributed by atoms with Crippen LogP contribution in [0, 0.1) is 19.7 Å². The molecule has 0 saturated heterocycles. The molecule has 4 rings (SSSR count). The molecule has 4 aromatic rings. The predicted octanol–water partition coefficient (Wildman–Crippen LogP) is 6.92. The number of nitrogens with one attached hydrogen (secondary N) is 1. The Morgan fingerprint density at radius 2 is 1.72 bits per heavy atom. The van der Waals surface area contributed by atoms with Crippen LogP contribution in [0.1, 0.15) is 23.6 Å². The van der Waals surface area contributed by atoms with Crippen molar-refractivity contribution in [3.05, 3.63) is 77.3 Å². The zero-order valence-corrected chi connectivity index (χ0v) is 21.1. The number of fused-ring (bicyclic) bond motifs is 1. The van der Waals surface area contributed by atoms with Crippen LogP contribution in [0.3, 0.4) is 0 Å². The molecule has 1 aromatic heterocycles. The van der Waals surface area contributed by atoms with Gasteiger partial charge in [-0.15, -0.1) is 0 Å². The van der Waals surface area contributed by atoms with E-state index in [1.807, 2.05) is 38.1 Å². The fourth-order valence-corrected chi connectivity index (χ4v) is 4.22. The average Bonchev–Trinajstić information content (AvgIpc) is 3.30. The normalized spacial score (nSPS) is 11.5. The van der Waals surface area contributed by atoms with Gasteiger partial charge in [0.05, 0.1) is 27.6 Å². The summed E-state index contributed by atoms with van der Waals surface area (Å²) in [4.78, 5) is 12.7. The van der Waals surface area contributed by atoms with E-state index < -0.39 is 0 Å². The van der Waals surface area contributed by atoms with Crippen molar-refractivity contribution in [2.24, 2.45) is 0 Å². The number of anilines is 1. The summed E-state index contributed by atoms with van der Waals surface area (Å²) in [6.45, 7) is 5.41. The minimum Gasteiger partial charge on any atom is -0.496 e. The summed E-state index contributed by atoms with van der Waals surface area (Å²) in [5, 5.41) is 3.58. The Morgan fingerprint density at radius 1 is 0.972 bits per heavy atom. The number of aryl methyl sites for hydroxylation is 2. The third-order valence-electron chi connectivity index (χ3n) is 6.15. The van der Waals surface area contributed by atoms with Gasteiger partial charge in [0.15, 0.2) is 11.5 Å². The van der Waals surface area contributed by atoms with Crippen molar-refractivity contribution in [3.63, 3.8) is 0 Å². The van der Waals surface area contributed by atoms with Gasteiger partial charge in [-0.2, -0.15) is 0 Å². The predicted molar refractivity (Wildman–Crippen MR) is 139 cm³/mol. The number of carbonyl (C=O) groups is 1. The second kappa shape index (κ2) is 10.2. The van der Waals surface area contributed by atoms with Gasteiger partial charge >= 0.3 is 0 Å². The molecule has 0 saturated carbocycles. The van der Waals surface area contributed by atoms with Gasteiger partial charge in [0.2, 0.25) is 5.91 Å². The van der Waals surface area contributed by atoms with Crippen LogP contribution in [0.25, 0.3) is 27.7 Å². The lowest BCUT2D eigenvalue weighted by atomic mass is 9.96. The van der Waals surface area contributed by atoms with E-state index in [1.165, 1.54) is 12.1 Å². The second-order valence-electron chi connectivity index (χ2n) is 8.46. The molecule has 1 N–H and O–H groups in total. The minimum atomic E-state index is -0.376. The highest BCUT2D eigenvalue weighted by atomic mass is 19.1. The van der Waals surface area contributed by atoms with Crippen molar-refractivity contribution >= 4 is 28.1 Å². The zero-order valence-electron chi connectivity index (χ0n) is 21.1. The maximum atomic E-state index is 13.9. The lowest BCUT2D eigenvalue weighted by Gasteiger charge is -2.14. The third kappa shape index (κ3) is 4.64. The number of carbonyl (C=O) groups excluding carboxylic acids is 1. The molecule has 0 unspecified atom stereocenters. The van der Waals surface area contributed by atoms with Crippen LogP contribution in [-0.4, -0.2) is 27.2 Å². The molecule has 6 nitrogen and oxygen atoms in total. The fraction of sp³-hybridized carbons (Fsp3) is 0.207. The van der Waals surface area contributed by atoms with Crippen LogP contribution >= 0.6 is 0 Å². The molecular weight excluding hydrogens is 461 g/mol. The van der Waals surface area contributed by atoms with E-state index in [-0.39, 0.29) is 11.7 Å². The van der Waals surface area contributed by atoms with Crippen molar-refractivity contribution in [2.75, 3.05) is 26.6 Å². The van der Waals surface area contributed by atoms with Crippen molar-refractivity contribution in [1.82, 2.24) is 0 Å². The van der Waals surface area contributed by atoms with Crippen LogP contribution < -0.4 is 19.5 Å². The van der Waals surface area contributed by atoms with Crippen LogP contribution in [0.2, 0.25) is 0 Å². The van der Waals surface area contributed by atoms with E-state index in [0.29, 0.717) is 39.7 Å². The van der Waals surface area contributed by atoms with Gasteiger partial charge in [0.1, 0.15) is 17.1 Å². The lowest BCUT2D eigenvalue weighted by molar-refractivity contribution is -0.111. The van der Waals surface area contributed by atoms with E-state index >= 15 is 0 Å². The standard InChI is InChI=1S/C29H28FNO5/c1-16-7-9-20(13-24(16)30)31-27(32)11-17(2)21-14-22-23(15-36-29(22)18(3)28(21)35-6)19-8-10-25(33-4)26(12-19)34-5/h7-15H,1-6H3,(H,31,32)/b17-11+. The van der Waals surface area contributed by atoms with Crippen LogP contribution in [0.5, 0.6) is 17.2 Å². The Kier molecular flexibility index (Phi) is 7.01. The summed E-state index contributed by atoms with van der Waals surface area (Å²) < 4.78 is 36.3. The zero-order chi connectivity index (χ0) is 26.0. The van der Waals surface area contributed by atoms with Crippen molar-refractivity contribution in [2.45, 2.75) is 20.8 Å². The number of hydrogen-bond donors (Lipinski definition) is 1. The van der Waals surface area contributed by atoms with E-state index in [0.717, 1.165) is 27.6 Å².